The van der Waals surface area contributed by atoms with Gasteiger partial charge in [0, 0.05) is 92.5 Å². The van der Waals surface area contributed by atoms with Crippen molar-refractivity contribution in [1.29, 1.82) is 0 Å². The molecule has 0 amide bonds. The summed E-state index contributed by atoms with van der Waals surface area (Å²) in [7, 11) is 0. The summed E-state index contributed by atoms with van der Waals surface area (Å²) in [4.78, 5) is 4.97. The van der Waals surface area contributed by atoms with Gasteiger partial charge < -0.3 is 23.4 Å². The Labute approximate surface area is 533 Å². The van der Waals surface area contributed by atoms with E-state index in [0.717, 1.165) is 128 Å². The van der Waals surface area contributed by atoms with Gasteiger partial charge >= 0.3 is 0 Å². The van der Waals surface area contributed by atoms with Crippen LogP contribution in [-0.4, -0.2) is 6.04 Å². The zero-order valence-electron chi connectivity index (χ0n) is 49.3. The van der Waals surface area contributed by atoms with Gasteiger partial charge in [-0.3, -0.25) is 0 Å². The molecule has 0 N–H and O–H groups in total. The number of thiophene rings is 1. The Hall–Kier alpha value is -10.9. The van der Waals surface area contributed by atoms with Gasteiger partial charge in [0.05, 0.1) is 22.8 Å². The number of halogens is 1. The van der Waals surface area contributed by atoms with Gasteiger partial charge in [-0.1, -0.05) is 207 Å². The van der Waals surface area contributed by atoms with Crippen molar-refractivity contribution in [3.8, 4) is 33.8 Å². The molecule has 0 bridgehead atoms. The summed E-state index contributed by atoms with van der Waals surface area (Å²) in [6.07, 6.45) is 4.84. The normalized spacial score (nSPS) is 16.5. The minimum Gasteiger partial charge on any atom is -0.456 e. The molecule has 16 aromatic rings. The fourth-order valence-corrected chi connectivity index (χ4v) is 16.9. The molecule has 0 saturated carbocycles. The van der Waals surface area contributed by atoms with Crippen molar-refractivity contribution in [2.24, 2.45) is 5.92 Å². The van der Waals surface area contributed by atoms with E-state index in [2.05, 4.69) is 302 Å². The molecule has 91 heavy (non-hydrogen) atoms. The summed E-state index contributed by atoms with van der Waals surface area (Å²) in [6, 6.07) is 100. The molecule has 7 heteroatoms. The first-order chi connectivity index (χ1) is 44.9. The lowest BCUT2D eigenvalue weighted by Crippen LogP contribution is -2.43. The lowest BCUT2D eigenvalue weighted by Gasteiger charge is -2.47. The second-order valence-corrected chi connectivity index (χ2v) is 25.9. The third kappa shape index (κ3) is 7.77. The Kier molecular flexibility index (Phi) is 11.5. The van der Waals surface area contributed by atoms with Crippen LogP contribution >= 0.6 is 22.9 Å². The average Bonchev–Trinajstić information content (AvgIpc) is 1.56. The van der Waals surface area contributed by atoms with E-state index < -0.39 is 5.41 Å². The molecular weight excluding hydrogens is 1150 g/mol. The van der Waals surface area contributed by atoms with E-state index in [1.54, 1.807) is 0 Å². The number of para-hydroxylation sites is 5. The smallest absolute Gasteiger partial charge is 0.156 e. The topological polar surface area (TPSA) is 42.0 Å². The van der Waals surface area contributed by atoms with Crippen LogP contribution in [0.1, 0.15) is 29.2 Å². The molecule has 1 aliphatic heterocycles. The highest BCUT2D eigenvalue weighted by atomic mass is 35.5. The SMILES string of the molecule is CC1C2=C(C=CC1N(c1ccccc1)c1cc(-c3ccc4ccccc4c3)c3oc4ccccc4c3c1)c1ccc(Cl)cc1C21c2ccccc2Oc2c(N(c3cc(-c4ccccc4)c4c(c3)oc3ccccc34)c3ccc4sc5ccccc5c4c3)cccc21. The van der Waals surface area contributed by atoms with Crippen molar-refractivity contribution >= 4 is 132 Å². The number of furan rings is 2. The maximum atomic E-state index is 7.68. The van der Waals surface area contributed by atoms with Crippen molar-refractivity contribution in [3.63, 3.8) is 0 Å². The third-order valence-electron chi connectivity index (χ3n) is 19.5. The summed E-state index contributed by atoms with van der Waals surface area (Å²) in [6.45, 7) is 2.44. The standard InChI is InChI=1S/C84H53ClN2O3S/c1-50-72(86(56-23-6-3-7-24-56)58-47-66(54-36-35-51-19-8-9-22-53(51)43-54)82-68(48-58)61-25-10-14-31-74(61)89-82)41-40-63-60-39-37-55(85)44-71(60)84(81(50)63)69-28-13-16-33-76(69)90-83-70(84)29-18-30-73(83)87(57-38-42-79-67(45-57)62-26-12-17-34-78(62)91-79)59-46-65(52-20-4-2-5-21-52)80-64-27-11-15-32-75(64)88-77(80)49-59/h2-50,72H,1H3. The van der Waals surface area contributed by atoms with E-state index >= 15 is 0 Å². The highest BCUT2D eigenvalue weighted by Gasteiger charge is 2.56. The number of hydrogen-bond acceptors (Lipinski definition) is 6. The van der Waals surface area contributed by atoms with E-state index in [1.165, 1.54) is 42.1 Å². The van der Waals surface area contributed by atoms with Crippen molar-refractivity contribution in [2.45, 2.75) is 18.4 Å². The van der Waals surface area contributed by atoms with Crippen molar-refractivity contribution < 1.29 is 13.6 Å². The van der Waals surface area contributed by atoms with Crippen LogP contribution in [-0.2, 0) is 5.41 Å². The van der Waals surface area contributed by atoms with E-state index in [-0.39, 0.29) is 12.0 Å². The molecule has 3 atom stereocenters. The molecule has 0 radical (unpaired) electrons. The second-order valence-electron chi connectivity index (χ2n) is 24.3. The van der Waals surface area contributed by atoms with Crippen molar-refractivity contribution in [3.05, 3.63) is 324 Å². The molecule has 430 valence electrons. The van der Waals surface area contributed by atoms with Crippen LogP contribution in [0, 0.1) is 5.92 Å². The maximum absolute atomic E-state index is 7.68. The number of benzene rings is 13. The van der Waals surface area contributed by atoms with E-state index in [9.17, 15) is 0 Å². The van der Waals surface area contributed by atoms with Gasteiger partial charge in [0.2, 0.25) is 0 Å². The fraction of sp³-hybridized carbons (Fsp3) is 0.0476. The lowest BCUT2D eigenvalue weighted by atomic mass is 9.61. The van der Waals surface area contributed by atoms with Crippen molar-refractivity contribution in [1.82, 2.24) is 0 Å². The van der Waals surface area contributed by atoms with Gasteiger partial charge in [-0.05, 0) is 147 Å². The minimum absolute atomic E-state index is 0.121. The molecular formula is C84H53ClN2O3S. The Morgan fingerprint density at radius 2 is 1.14 bits per heavy atom. The van der Waals surface area contributed by atoms with Gasteiger partial charge in [0.25, 0.3) is 0 Å². The quantitative estimate of drug-likeness (QED) is 0.152. The molecule has 2 aliphatic carbocycles. The van der Waals surface area contributed by atoms with E-state index in [4.69, 9.17) is 25.2 Å². The highest BCUT2D eigenvalue weighted by molar-refractivity contribution is 7.25. The molecule has 5 nitrogen and oxygen atoms in total. The van der Waals surface area contributed by atoms with Crippen LogP contribution in [0.25, 0.3) is 103 Å². The summed E-state index contributed by atoms with van der Waals surface area (Å²) in [5.74, 6) is 1.43. The van der Waals surface area contributed by atoms with Crippen LogP contribution in [0.2, 0.25) is 5.02 Å². The second kappa shape index (κ2) is 20.1. The molecule has 3 aromatic heterocycles. The van der Waals surface area contributed by atoms with Gasteiger partial charge in [0.1, 0.15) is 28.1 Å². The number of anilines is 5. The van der Waals surface area contributed by atoms with Crippen molar-refractivity contribution in [2.75, 3.05) is 9.80 Å². The summed E-state index contributed by atoms with van der Waals surface area (Å²) < 4.78 is 24.0. The average molecular weight is 1210 g/mol. The van der Waals surface area contributed by atoms with E-state index in [1.807, 2.05) is 17.4 Å². The lowest BCUT2D eigenvalue weighted by molar-refractivity contribution is 0.420. The predicted octanol–water partition coefficient (Wildman–Crippen LogP) is 24.1. The first-order valence-corrected chi connectivity index (χ1v) is 32.3. The Morgan fingerprint density at radius 3 is 2.01 bits per heavy atom. The van der Waals surface area contributed by atoms with Gasteiger partial charge in [-0.2, -0.15) is 0 Å². The van der Waals surface area contributed by atoms with Crippen LogP contribution in [0.5, 0.6) is 11.5 Å². The number of rotatable bonds is 8. The third-order valence-corrected chi connectivity index (χ3v) is 20.9. The van der Waals surface area contributed by atoms with Crippen LogP contribution < -0.4 is 14.5 Å². The van der Waals surface area contributed by atoms with E-state index in [0.29, 0.717) is 5.02 Å². The summed E-state index contributed by atoms with van der Waals surface area (Å²) in [5.41, 5.74) is 18.6. The maximum Gasteiger partial charge on any atom is 0.156 e. The van der Waals surface area contributed by atoms with Gasteiger partial charge in [0.15, 0.2) is 5.75 Å². The number of fused-ring (bicyclic) bond motifs is 18. The zero-order chi connectivity index (χ0) is 60.1. The first-order valence-electron chi connectivity index (χ1n) is 31.1. The molecule has 4 heterocycles. The zero-order valence-corrected chi connectivity index (χ0v) is 50.8. The summed E-state index contributed by atoms with van der Waals surface area (Å²) >= 11 is 9.22. The molecule has 3 aliphatic rings. The Balaban J connectivity index is 0.854. The number of ether oxygens (including phenoxy) is 1. The Morgan fingerprint density at radius 1 is 0.440 bits per heavy atom. The van der Waals surface area contributed by atoms with Crippen LogP contribution in [0.4, 0.5) is 28.4 Å². The summed E-state index contributed by atoms with van der Waals surface area (Å²) in [5, 5.41) is 9.74. The number of nitrogens with zero attached hydrogens (tertiary/aromatic N) is 2. The molecule has 3 unspecified atom stereocenters. The minimum atomic E-state index is -0.890. The molecule has 0 fully saturated rings. The molecule has 13 aromatic carbocycles. The number of hydrogen-bond donors (Lipinski definition) is 0. The predicted molar refractivity (Wildman–Crippen MR) is 379 cm³/mol. The largest absolute Gasteiger partial charge is 0.456 e. The highest BCUT2D eigenvalue weighted by Crippen LogP contribution is 2.66. The van der Waals surface area contributed by atoms with Gasteiger partial charge in [-0.15, -0.1) is 11.3 Å². The Bertz CT molecular complexity index is 5780. The van der Waals surface area contributed by atoms with Gasteiger partial charge in [-0.25, -0.2) is 0 Å². The van der Waals surface area contributed by atoms with Crippen LogP contribution in [0.3, 0.4) is 0 Å². The molecule has 19 rings (SSSR count). The monoisotopic (exact) mass is 1200 g/mol. The number of allylic oxidation sites excluding steroid dienone is 2. The fourth-order valence-electron chi connectivity index (χ4n) is 15.7. The molecule has 1 spiro atoms. The first kappa shape index (κ1) is 52.1. The van der Waals surface area contributed by atoms with Crippen LogP contribution in [0.15, 0.2) is 306 Å². The molecule has 0 saturated heterocycles.